The largest absolute Gasteiger partial charge is 0.492 e. The molecule has 0 aliphatic heterocycles. The fraction of sp³-hybridized carbons (Fsp3) is 0.235. The number of hydrogen-bond acceptors (Lipinski definition) is 4. The van der Waals surface area contributed by atoms with Gasteiger partial charge in [-0.05, 0) is 24.6 Å². The molecule has 0 unspecified atom stereocenters. The molecule has 0 fully saturated rings. The standard InChI is InChI=1S/C17H15F2N3O2/c18-12-5-6-14(15(19)9-12)16(10-20)22-17(23)4-2-8-24-13-3-1-7-21-11-13/h1,3,5-7,9,11,16H,2,4,8H2,(H,22,23)/t16-/m1/s1. The van der Waals surface area contributed by atoms with Gasteiger partial charge in [-0.15, -0.1) is 0 Å². The van der Waals surface area contributed by atoms with Crippen LogP contribution < -0.4 is 10.1 Å². The molecule has 0 bridgehead atoms. The monoisotopic (exact) mass is 331 g/mol. The van der Waals surface area contributed by atoms with E-state index < -0.39 is 23.6 Å². The molecule has 0 saturated carbocycles. The Kier molecular flexibility index (Phi) is 6.20. The maximum absolute atomic E-state index is 13.7. The van der Waals surface area contributed by atoms with Crippen LogP contribution in [-0.4, -0.2) is 17.5 Å². The Hall–Kier alpha value is -3.01. The van der Waals surface area contributed by atoms with Crippen molar-refractivity contribution >= 4 is 5.91 Å². The summed E-state index contributed by atoms with van der Waals surface area (Å²) in [5.41, 5.74) is -0.0705. The molecule has 1 N–H and O–H groups in total. The van der Waals surface area contributed by atoms with E-state index in [9.17, 15) is 13.6 Å². The van der Waals surface area contributed by atoms with Crippen molar-refractivity contribution in [2.45, 2.75) is 18.9 Å². The van der Waals surface area contributed by atoms with E-state index in [1.54, 1.807) is 30.6 Å². The number of carbonyl (C=O) groups excluding carboxylic acids is 1. The second kappa shape index (κ2) is 8.58. The Bertz CT molecular complexity index is 732. The second-order valence-corrected chi connectivity index (χ2v) is 4.94. The Balaban J connectivity index is 1.81. The molecule has 0 radical (unpaired) electrons. The van der Waals surface area contributed by atoms with Crippen LogP contribution in [0.2, 0.25) is 0 Å². The number of pyridine rings is 1. The summed E-state index contributed by atoms with van der Waals surface area (Å²) in [4.78, 5) is 15.7. The Morgan fingerprint density at radius 1 is 1.38 bits per heavy atom. The lowest BCUT2D eigenvalue weighted by Crippen LogP contribution is -2.28. The number of hydrogen-bond donors (Lipinski definition) is 1. The molecule has 1 aromatic heterocycles. The first kappa shape index (κ1) is 17.3. The van der Waals surface area contributed by atoms with Gasteiger partial charge in [0.05, 0.1) is 18.9 Å². The van der Waals surface area contributed by atoms with Crippen molar-refractivity contribution in [3.63, 3.8) is 0 Å². The van der Waals surface area contributed by atoms with Crippen LogP contribution in [0.5, 0.6) is 5.75 Å². The SMILES string of the molecule is N#C[C@@H](NC(=O)CCCOc1cccnc1)c1ccc(F)cc1F. The summed E-state index contributed by atoms with van der Waals surface area (Å²) in [6.45, 7) is 0.307. The number of benzene rings is 1. The summed E-state index contributed by atoms with van der Waals surface area (Å²) < 4.78 is 32.0. The molecule has 5 nitrogen and oxygen atoms in total. The zero-order valence-electron chi connectivity index (χ0n) is 12.7. The van der Waals surface area contributed by atoms with E-state index in [1.165, 1.54) is 0 Å². The summed E-state index contributed by atoms with van der Waals surface area (Å²) in [6, 6.07) is 6.96. The molecule has 0 aliphatic carbocycles. The second-order valence-electron chi connectivity index (χ2n) is 4.94. The zero-order chi connectivity index (χ0) is 17.4. The van der Waals surface area contributed by atoms with Gasteiger partial charge in [0.15, 0.2) is 0 Å². The molecule has 1 aromatic carbocycles. The third kappa shape index (κ3) is 5.02. The number of carbonyl (C=O) groups is 1. The fourth-order valence-corrected chi connectivity index (χ4v) is 2.00. The highest BCUT2D eigenvalue weighted by molar-refractivity contribution is 5.76. The summed E-state index contributed by atoms with van der Waals surface area (Å²) in [5.74, 6) is -1.44. The average Bonchev–Trinajstić information content (AvgIpc) is 2.58. The van der Waals surface area contributed by atoms with E-state index >= 15 is 0 Å². The highest BCUT2D eigenvalue weighted by Crippen LogP contribution is 2.18. The van der Waals surface area contributed by atoms with Gasteiger partial charge in [0.2, 0.25) is 5.91 Å². The Morgan fingerprint density at radius 3 is 2.88 bits per heavy atom. The number of nitrogens with one attached hydrogen (secondary N) is 1. The Morgan fingerprint density at radius 2 is 2.21 bits per heavy atom. The molecule has 7 heteroatoms. The molecule has 24 heavy (non-hydrogen) atoms. The number of aromatic nitrogens is 1. The smallest absolute Gasteiger partial charge is 0.221 e. The molecule has 1 amide bonds. The minimum atomic E-state index is -1.17. The van der Waals surface area contributed by atoms with E-state index in [-0.39, 0.29) is 12.0 Å². The van der Waals surface area contributed by atoms with Crippen LogP contribution in [0.4, 0.5) is 8.78 Å². The van der Waals surface area contributed by atoms with Gasteiger partial charge in [0.25, 0.3) is 0 Å². The fourth-order valence-electron chi connectivity index (χ4n) is 2.00. The molecule has 0 saturated heterocycles. The van der Waals surface area contributed by atoms with Crippen LogP contribution >= 0.6 is 0 Å². The lowest BCUT2D eigenvalue weighted by Gasteiger charge is -2.13. The summed E-state index contributed by atoms with van der Waals surface area (Å²) in [5, 5.41) is 11.5. The van der Waals surface area contributed by atoms with E-state index in [1.807, 2.05) is 0 Å². The molecule has 1 atom stereocenters. The molecule has 1 heterocycles. The van der Waals surface area contributed by atoms with Crippen LogP contribution in [0.1, 0.15) is 24.4 Å². The van der Waals surface area contributed by atoms with Crippen molar-refractivity contribution in [2.24, 2.45) is 0 Å². The molecule has 0 spiro atoms. The first-order valence-electron chi connectivity index (χ1n) is 7.27. The van der Waals surface area contributed by atoms with Gasteiger partial charge < -0.3 is 10.1 Å². The molecule has 124 valence electrons. The first-order valence-corrected chi connectivity index (χ1v) is 7.27. The number of ether oxygens (including phenoxy) is 1. The maximum atomic E-state index is 13.7. The number of nitrogens with zero attached hydrogens (tertiary/aromatic N) is 2. The predicted octanol–water partition coefficient (Wildman–Crippen LogP) is 2.90. The van der Waals surface area contributed by atoms with Crippen molar-refractivity contribution < 1.29 is 18.3 Å². The van der Waals surface area contributed by atoms with Crippen molar-refractivity contribution in [3.8, 4) is 11.8 Å². The maximum Gasteiger partial charge on any atom is 0.221 e. The molecular weight excluding hydrogens is 316 g/mol. The van der Waals surface area contributed by atoms with Gasteiger partial charge in [0.1, 0.15) is 23.4 Å². The lowest BCUT2D eigenvalue weighted by molar-refractivity contribution is -0.121. The van der Waals surface area contributed by atoms with Crippen molar-refractivity contribution in [1.29, 1.82) is 5.26 Å². The van der Waals surface area contributed by atoms with E-state index in [0.29, 0.717) is 24.8 Å². The molecular formula is C17H15F2N3O2. The summed E-state index contributed by atoms with van der Waals surface area (Å²) in [7, 11) is 0. The first-order chi connectivity index (χ1) is 11.6. The van der Waals surface area contributed by atoms with Crippen LogP contribution in [0.15, 0.2) is 42.7 Å². The number of halogens is 2. The highest BCUT2D eigenvalue weighted by atomic mass is 19.1. The van der Waals surface area contributed by atoms with E-state index in [0.717, 1.165) is 12.1 Å². The van der Waals surface area contributed by atoms with Crippen molar-refractivity contribution in [3.05, 3.63) is 59.9 Å². The average molecular weight is 331 g/mol. The Labute approximate surface area is 137 Å². The van der Waals surface area contributed by atoms with Gasteiger partial charge in [-0.25, -0.2) is 8.78 Å². The number of amides is 1. The van der Waals surface area contributed by atoms with Crippen LogP contribution in [0.25, 0.3) is 0 Å². The minimum absolute atomic E-state index is 0.0705. The van der Waals surface area contributed by atoms with Crippen LogP contribution in [-0.2, 0) is 4.79 Å². The molecule has 0 aliphatic rings. The third-order valence-electron chi connectivity index (χ3n) is 3.16. The summed E-state index contributed by atoms with van der Waals surface area (Å²) in [6.07, 6.45) is 3.71. The molecule has 2 aromatic rings. The van der Waals surface area contributed by atoms with E-state index in [2.05, 4.69) is 10.3 Å². The van der Waals surface area contributed by atoms with Gasteiger partial charge in [-0.3, -0.25) is 9.78 Å². The van der Waals surface area contributed by atoms with Crippen LogP contribution in [0, 0.1) is 23.0 Å². The normalized spacial score (nSPS) is 11.4. The van der Waals surface area contributed by atoms with Crippen molar-refractivity contribution in [2.75, 3.05) is 6.61 Å². The molecule has 2 rings (SSSR count). The van der Waals surface area contributed by atoms with Gasteiger partial charge in [-0.1, -0.05) is 6.07 Å². The predicted molar refractivity (Wildman–Crippen MR) is 81.8 cm³/mol. The zero-order valence-corrected chi connectivity index (χ0v) is 12.7. The quantitative estimate of drug-likeness (QED) is 0.792. The van der Waals surface area contributed by atoms with Gasteiger partial charge >= 0.3 is 0 Å². The number of nitriles is 1. The van der Waals surface area contributed by atoms with Gasteiger partial charge in [-0.2, -0.15) is 5.26 Å². The highest BCUT2D eigenvalue weighted by Gasteiger charge is 2.18. The third-order valence-corrected chi connectivity index (χ3v) is 3.16. The topological polar surface area (TPSA) is 75.0 Å². The van der Waals surface area contributed by atoms with Gasteiger partial charge in [0, 0.05) is 24.2 Å². The lowest BCUT2D eigenvalue weighted by atomic mass is 10.1. The minimum Gasteiger partial charge on any atom is -0.492 e. The number of rotatable bonds is 7. The van der Waals surface area contributed by atoms with E-state index in [4.69, 9.17) is 10.00 Å². The summed E-state index contributed by atoms with van der Waals surface area (Å²) >= 11 is 0. The van der Waals surface area contributed by atoms with Crippen molar-refractivity contribution in [1.82, 2.24) is 10.3 Å². The van der Waals surface area contributed by atoms with Crippen LogP contribution in [0.3, 0.4) is 0 Å².